The molecule has 0 radical (unpaired) electrons. The van der Waals surface area contributed by atoms with Crippen LogP contribution in [0, 0.1) is 0 Å². The van der Waals surface area contributed by atoms with E-state index in [4.69, 9.17) is 9.47 Å². The molecule has 1 saturated heterocycles. The lowest BCUT2D eigenvalue weighted by Crippen LogP contribution is -2.44. The Morgan fingerprint density at radius 3 is 2.90 bits per heavy atom. The highest BCUT2D eigenvalue weighted by atomic mass is 16.5. The fraction of sp³-hybridized carbons (Fsp3) is 0.625. The first-order valence-corrected chi connectivity index (χ1v) is 7.32. The van der Waals surface area contributed by atoms with E-state index < -0.39 is 6.10 Å². The molecule has 2 atom stereocenters. The van der Waals surface area contributed by atoms with E-state index in [2.05, 4.69) is 18.7 Å². The molecule has 0 aromatic heterocycles. The first-order chi connectivity index (χ1) is 9.53. The number of aliphatic hydroxyl groups excluding tert-OH is 1. The quantitative estimate of drug-likeness (QED) is 0.901. The molecule has 2 aliphatic rings. The van der Waals surface area contributed by atoms with Crippen molar-refractivity contribution in [3.05, 3.63) is 23.8 Å². The summed E-state index contributed by atoms with van der Waals surface area (Å²) in [6.45, 7) is 6.33. The predicted octanol–water partition coefficient (Wildman–Crippen LogP) is 2.36. The lowest BCUT2D eigenvalue weighted by molar-refractivity contribution is -0.00904. The van der Waals surface area contributed by atoms with Crippen molar-refractivity contribution < 1.29 is 14.6 Å². The molecule has 0 bridgehead atoms. The summed E-state index contributed by atoms with van der Waals surface area (Å²) in [6.07, 6.45) is 1.20. The van der Waals surface area contributed by atoms with Gasteiger partial charge in [0, 0.05) is 43.6 Å². The van der Waals surface area contributed by atoms with Crippen LogP contribution in [0.15, 0.2) is 18.2 Å². The molecule has 1 N–H and O–H groups in total. The van der Waals surface area contributed by atoms with Crippen molar-refractivity contribution >= 4 is 0 Å². The van der Waals surface area contributed by atoms with Gasteiger partial charge >= 0.3 is 0 Å². The zero-order chi connectivity index (χ0) is 14.3. The van der Waals surface area contributed by atoms with Crippen LogP contribution < -0.4 is 9.47 Å². The van der Waals surface area contributed by atoms with Gasteiger partial charge in [0.05, 0.1) is 13.2 Å². The summed E-state index contributed by atoms with van der Waals surface area (Å²) in [7, 11) is 1.65. The molecule has 110 valence electrons. The highest BCUT2D eigenvalue weighted by molar-refractivity contribution is 5.44. The largest absolute Gasteiger partial charge is 0.497 e. The molecular formula is C16H23NO3. The molecule has 2 heterocycles. The SMILES string of the molecule is COc1ccc2c(c1)OC1(CCN(C(C)C)C1)CC2O. The molecule has 2 unspecified atom stereocenters. The second-order valence-corrected chi connectivity index (χ2v) is 6.22. The van der Waals surface area contributed by atoms with E-state index >= 15 is 0 Å². The highest BCUT2D eigenvalue weighted by Crippen LogP contribution is 2.45. The molecule has 1 aromatic carbocycles. The van der Waals surface area contributed by atoms with Crippen LogP contribution in [0.5, 0.6) is 11.5 Å². The zero-order valence-electron chi connectivity index (χ0n) is 12.4. The minimum Gasteiger partial charge on any atom is -0.497 e. The number of ether oxygens (including phenoxy) is 2. The van der Waals surface area contributed by atoms with E-state index in [1.54, 1.807) is 7.11 Å². The van der Waals surface area contributed by atoms with Crippen molar-refractivity contribution in [2.24, 2.45) is 0 Å². The topological polar surface area (TPSA) is 41.9 Å². The van der Waals surface area contributed by atoms with Gasteiger partial charge in [-0.1, -0.05) is 0 Å². The van der Waals surface area contributed by atoms with Crippen LogP contribution in [0.3, 0.4) is 0 Å². The maximum absolute atomic E-state index is 10.4. The van der Waals surface area contributed by atoms with Crippen molar-refractivity contribution in [2.45, 2.75) is 44.4 Å². The monoisotopic (exact) mass is 277 g/mol. The fourth-order valence-electron chi connectivity index (χ4n) is 3.31. The van der Waals surface area contributed by atoms with Gasteiger partial charge in [0.15, 0.2) is 0 Å². The Morgan fingerprint density at radius 2 is 2.25 bits per heavy atom. The molecule has 1 spiro atoms. The van der Waals surface area contributed by atoms with Crippen LogP contribution in [0.2, 0.25) is 0 Å². The summed E-state index contributed by atoms with van der Waals surface area (Å²) in [6, 6.07) is 6.18. The van der Waals surface area contributed by atoms with Gasteiger partial charge < -0.3 is 14.6 Å². The van der Waals surface area contributed by atoms with Gasteiger partial charge in [-0.3, -0.25) is 4.90 Å². The van der Waals surface area contributed by atoms with Gasteiger partial charge in [0.1, 0.15) is 17.1 Å². The standard InChI is InChI=1S/C16H23NO3/c1-11(2)17-7-6-16(10-17)9-14(18)13-5-4-12(19-3)8-15(13)20-16/h4-5,8,11,14,18H,6-7,9-10H2,1-3H3. The first-order valence-electron chi connectivity index (χ1n) is 7.32. The summed E-state index contributed by atoms with van der Waals surface area (Å²) >= 11 is 0. The minimum absolute atomic E-state index is 0.247. The van der Waals surface area contributed by atoms with Crippen LogP contribution in [0.25, 0.3) is 0 Å². The Labute approximate surface area is 120 Å². The Morgan fingerprint density at radius 1 is 1.45 bits per heavy atom. The summed E-state index contributed by atoms with van der Waals surface area (Å²) in [5, 5.41) is 10.4. The second kappa shape index (κ2) is 4.93. The number of rotatable bonds is 2. The van der Waals surface area contributed by atoms with Crippen molar-refractivity contribution in [1.82, 2.24) is 4.90 Å². The number of aliphatic hydroxyl groups is 1. The first kappa shape index (κ1) is 13.7. The number of benzene rings is 1. The Kier molecular flexibility index (Phi) is 3.38. The second-order valence-electron chi connectivity index (χ2n) is 6.22. The average molecular weight is 277 g/mol. The maximum atomic E-state index is 10.4. The normalized spacial score (nSPS) is 29.6. The van der Waals surface area contributed by atoms with E-state index in [0.717, 1.165) is 36.6 Å². The van der Waals surface area contributed by atoms with Gasteiger partial charge in [-0.25, -0.2) is 0 Å². The van der Waals surface area contributed by atoms with E-state index in [1.165, 1.54) is 0 Å². The highest BCUT2D eigenvalue weighted by Gasteiger charge is 2.46. The molecular weight excluding hydrogens is 254 g/mol. The summed E-state index contributed by atoms with van der Waals surface area (Å²) in [5.41, 5.74) is 0.627. The number of nitrogens with zero attached hydrogens (tertiary/aromatic N) is 1. The third kappa shape index (κ3) is 2.27. The number of likely N-dealkylation sites (tertiary alicyclic amines) is 1. The van der Waals surface area contributed by atoms with Crippen molar-refractivity contribution in [3.8, 4) is 11.5 Å². The third-order valence-corrected chi connectivity index (χ3v) is 4.55. The van der Waals surface area contributed by atoms with Crippen LogP contribution in [0.1, 0.15) is 38.4 Å². The van der Waals surface area contributed by atoms with Crippen molar-refractivity contribution in [2.75, 3.05) is 20.2 Å². The van der Waals surface area contributed by atoms with Gasteiger partial charge in [0.2, 0.25) is 0 Å². The van der Waals surface area contributed by atoms with Crippen LogP contribution >= 0.6 is 0 Å². The molecule has 1 aromatic rings. The van der Waals surface area contributed by atoms with Gasteiger partial charge in [-0.15, -0.1) is 0 Å². The molecule has 2 aliphatic heterocycles. The third-order valence-electron chi connectivity index (χ3n) is 4.55. The number of fused-ring (bicyclic) bond motifs is 1. The molecule has 4 heteroatoms. The average Bonchev–Trinajstić information content (AvgIpc) is 2.81. The van der Waals surface area contributed by atoms with Crippen molar-refractivity contribution in [1.29, 1.82) is 0 Å². The lowest BCUT2D eigenvalue weighted by atomic mass is 9.88. The van der Waals surface area contributed by atoms with Crippen LogP contribution in [-0.2, 0) is 0 Å². The Bertz CT molecular complexity index is 502. The molecule has 20 heavy (non-hydrogen) atoms. The van der Waals surface area contributed by atoms with E-state index in [9.17, 15) is 5.11 Å². The lowest BCUT2D eigenvalue weighted by Gasteiger charge is -2.38. The molecule has 1 fully saturated rings. The summed E-state index contributed by atoms with van der Waals surface area (Å²) in [4.78, 5) is 2.41. The summed E-state index contributed by atoms with van der Waals surface area (Å²) < 4.78 is 11.5. The zero-order valence-corrected chi connectivity index (χ0v) is 12.4. The van der Waals surface area contributed by atoms with E-state index in [1.807, 2.05) is 18.2 Å². The number of methoxy groups -OCH3 is 1. The van der Waals surface area contributed by atoms with Gasteiger partial charge in [-0.2, -0.15) is 0 Å². The maximum Gasteiger partial charge on any atom is 0.129 e. The molecule has 0 amide bonds. The van der Waals surface area contributed by atoms with E-state index in [-0.39, 0.29) is 5.60 Å². The van der Waals surface area contributed by atoms with Crippen LogP contribution in [0.4, 0.5) is 0 Å². The molecule has 4 nitrogen and oxygen atoms in total. The van der Waals surface area contributed by atoms with Gasteiger partial charge in [0.25, 0.3) is 0 Å². The van der Waals surface area contributed by atoms with E-state index in [0.29, 0.717) is 12.5 Å². The summed E-state index contributed by atoms with van der Waals surface area (Å²) in [5.74, 6) is 1.54. The van der Waals surface area contributed by atoms with Crippen molar-refractivity contribution in [3.63, 3.8) is 0 Å². The minimum atomic E-state index is -0.447. The Balaban J connectivity index is 1.88. The molecule has 3 rings (SSSR count). The number of hydrogen-bond donors (Lipinski definition) is 1. The Hall–Kier alpha value is -1.26. The van der Waals surface area contributed by atoms with Gasteiger partial charge in [-0.05, 0) is 26.0 Å². The number of hydrogen-bond acceptors (Lipinski definition) is 4. The van der Waals surface area contributed by atoms with Crippen LogP contribution in [-0.4, -0.2) is 41.8 Å². The molecule has 0 aliphatic carbocycles. The molecule has 0 saturated carbocycles. The smallest absolute Gasteiger partial charge is 0.129 e. The fourth-order valence-corrected chi connectivity index (χ4v) is 3.31. The predicted molar refractivity (Wildman–Crippen MR) is 77.3 cm³/mol.